The molecule has 0 saturated carbocycles. The maximum atomic E-state index is 14.0. The number of benzene rings is 2. The van der Waals surface area contributed by atoms with Crippen molar-refractivity contribution >= 4 is 11.6 Å². The van der Waals surface area contributed by atoms with Crippen LogP contribution in [0.2, 0.25) is 0 Å². The molecule has 0 aliphatic carbocycles. The number of likely N-dealkylation sites (N-methyl/N-ethyl adjacent to an activating group) is 1. The summed E-state index contributed by atoms with van der Waals surface area (Å²) in [5.74, 6) is -0.0705. The molecule has 2 aliphatic heterocycles. The molecule has 27 heavy (non-hydrogen) atoms. The van der Waals surface area contributed by atoms with Crippen LogP contribution in [0.25, 0.3) is 0 Å². The molecule has 0 aromatic heterocycles. The lowest BCUT2D eigenvalue weighted by molar-refractivity contribution is -0.127. The number of hydrogen-bond donors (Lipinski definition) is 1. The molecule has 5 heteroatoms. The summed E-state index contributed by atoms with van der Waals surface area (Å²) in [6.45, 7) is 2.32. The molecule has 2 heterocycles. The highest BCUT2D eigenvalue weighted by Crippen LogP contribution is 2.24. The van der Waals surface area contributed by atoms with Gasteiger partial charge in [-0.15, -0.1) is 0 Å². The number of nitrogens with zero attached hydrogens (tertiary/aromatic N) is 2. The van der Waals surface area contributed by atoms with Gasteiger partial charge < -0.3 is 10.2 Å². The summed E-state index contributed by atoms with van der Waals surface area (Å²) in [6, 6.07) is 15.3. The second-order valence-corrected chi connectivity index (χ2v) is 7.63. The fraction of sp³-hybridized carbons (Fsp3) is 0.409. The third-order valence-corrected chi connectivity index (χ3v) is 5.82. The molecule has 142 valence electrons. The number of carbonyl (C=O) groups excluding carboxylic acids is 1. The quantitative estimate of drug-likeness (QED) is 0.906. The maximum Gasteiger partial charge on any atom is 0.237 e. The Morgan fingerprint density at radius 3 is 2.44 bits per heavy atom. The van der Waals surface area contributed by atoms with E-state index in [9.17, 15) is 9.18 Å². The SMILES string of the molecule is CN1Cc2ccccc2C[C@@H]1C(=O)NC1CCN(c2ccccc2F)CC1. The van der Waals surface area contributed by atoms with E-state index in [1.807, 2.05) is 25.2 Å². The van der Waals surface area contributed by atoms with Gasteiger partial charge in [0.25, 0.3) is 0 Å². The van der Waals surface area contributed by atoms with Crippen LogP contribution in [0.3, 0.4) is 0 Å². The van der Waals surface area contributed by atoms with Gasteiger partial charge in [0.2, 0.25) is 5.91 Å². The van der Waals surface area contributed by atoms with Gasteiger partial charge in [-0.25, -0.2) is 4.39 Å². The lowest BCUT2D eigenvalue weighted by atomic mass is 9.93. The number of hydrogen-bond acceptors (Lipinski definition) is 3. The van der Waals surface area contributed by atoms with Crippen molar-refractivity contribution in [1.29, 1.82) is 0 Å². The number of anilines is 1. The second-order valence-electron chi connectivity index (χ2n) is 7.63. The average molecular weight is 367 g/mol. The van der Waals surface area contributed by atoms with Gasteiger partial charge in [-0.05, 0) is 49.6 Å². The zero-order valence-corrected chi connectivity index (χ0v) is 15.7. The number of piperidine rings is 1. The molecule has 2 aromatic rings. The zero-order chi connectivity index (χ0) is 18.8. The van der Waals surface area contributed by atoms with Gasteiger partial charge in [0.05, 0.1) is 11.7 Å². The fourth-order valence-electron chi connectivity index (χ4n) is 4.22. The average Bonchev–Trinajstić information content (AvgIpc) is 2.68. The van der Waals surface area contributed by atoms with Crippen LogP contribution in [0, 0.1) is 5.82 Å². The first kappa shape index (κ1) is 18.0. The highest BCUT2D eigenvalue weighted by molar-refractivity contribution is 5.82. The normalized spacial score (nSPS) is 21.0. The minimum atomic E-state index is -0.178. The van der Waals surface area contributed by atoms with Gasteiger partial charge in [-0.1, -0.05) is 36.4 Å². The Morgan fingerprint density at radius 2 is 1.70 bits per heavy atom. The largest absolute Gasteiger partial charge is 0.369 e. The topological polar surface area (TPSA) is 35.6 Å². The Morgan fingerprint density at radius 1 is 1.04 bits per heavy atom. The minimum Gasteiger partial charge on any atom is -0.369 e. The molecule has 4 rings (SSSR count). The molecule has 1 saturated heterocycles. The van der Waals surface area contributed by atoms with E-state index in [4.69, 9.17) is 0 Å². The van der Waals surface area contributed by atoms with Crippen LogP contribution in [0.15, 0.2) is 48.5 Å². The number of halogens is 1. The van der Waals surface area contributed by atoms with Crippen LogP contribution < -0.4 is 10.2 Å². The Hall–Kier alpha value is -2.40. The molecule has 1 fully saturated rings. The van der Waals surface area contributed by atoms with Gasteiger partial charge in [-0.3, -0.25) is 9.69 Å². The molecule has 0 unspecified atom stereocenters. The first-order valence-electron chi connectivity index (χ1n) is 9.68. The number of rotatable bonds is 3. The summed E-state index contributed by atoms with van der Waals surface area (Å²) >= 11 is 0. The summed E-state index contributed by atoms with van der Waals surface area (Å²) < 4.78 is 14.0. The molecule has 1 N–H and O–H groups in total. The summed E-state index contributed by atoms with van der Waals surface area (Å²) in [5, 5.41) is 3.24. The fourth-order valence-corrected chi connectivity index (χ4v) is 4.22. The van der Waals surface area contributed by atoms with Crippen molar-refractivity contribution in [3.63, 3.8) is 0 Å². The van der Waals surface area contributed by atoms with E-state index in [1.165, 1.54) is 17.2 Å². The molecule has 0 spiro atoms. The Balaban J connectivity index is 1.34. The van der Waals surface area contributed by atoms with Crippen molar-refractivity contribution in [1.82, 2.24) is 10.2 Å². The minimum absolute atomic E-state index is 0.108. The lowest BCUT2D eigenvalue weighted by Crippen LogP contribution is -2.53. The molecule has 1 amide bonds. The van der Waals surface area contributed by atoms with E-state index < -0.39 is 0 Å². The number of amides is 1. The first-order chi connectivity index (χ1) is 13.1. The number of fused-ring (bicyclic) bond motifs is 1. The number of carbonyl (C=O) groups is 1. The van der Waals surface area contributed by atoms with Crippen molar-refractivity contribution in [2.45, 2.75) is 37.9 Å². The van der Waals surface area contributed by atoms with Crippen LogP contribution in [0.1, 0.15) is 24.0 Å². The predicted molar refractivity (Wildman–Crippen MR) is 105 cm³/mol. The van der Waals surface area contributed by atoms with Crippen molar-refractivity contribution < 1.29 is 9.18 Å². The van der Waals surface area contributed by atoms with Crippen molar-refractivity contribution in [3.05, 3.63) is 65.5 Å². The van der Waals surface area contributed by atoms with Crippen LogP contribution >= 0.6 is 0 Å². The van der Waals surface area contributed by atoms with Gasteiger partial charge >= 0.3 is 0 Å². The van der Waals surface area contributed by atoms with E-state index in [2.05, 4.69) is 33.3 Å². The second kappa shape index (κ2) is 7.69. The first-order valence-corrected chi connectivity index (χ1v) is 9.68. The van der Waals surface area contributed by atoms with Crippen LogP contribution in [-0.2, 0) is 17.8 Å². The molecule has 1 atom stereocenters. The van der Waals surface area contributed by atoms with Gasteiger partial charge in [0.1, 0.15) is 5.82 Å². The summed E-state index contributed by atoms with van der Waals surface area (Å²) in [7, 11) is 2.01. The maximum absolute atomic E-state index is 14.0. The van der Waals surface area contributed by atoms with E-state index in [1.54, 1.807) is 6.07 Å². The zero-order valence-electron chi connectivity index (χ0n) is 15.7. The Bertz CT molecular complexity index is 817. The van der Waals surface area contributed by atoms with Crippen molar-refractivity contribution in [3.8, 4) is 0 Å². The van der Waals surface area contributed by atoms with Crippen LogP contribution in [0.5, 0.6) is 0 Å². The molecule has 0 bridgehead atoms. The lowest BCUT2D eigenvalue weighted by Gasteiger charge is -2.37. The predicted octanol–water partition coefficient (Wildman–Crippen LogP) is 2.97. The van der Waals surface area contributed by atoms with Gasteiger partial charge in [0.15, 0.2) is 0 Å². The van der Waals surface area contributed by atoms with E-state index in [0.717, 1.165) is 38.9 Å². The third kappa shape index (κ3) is 3.83. The highest BCUT2D eigenvalue weighted by atomic mass is 19.1. The highest BCUT2D eigenvalue weighted by Gasteiger charge is 2.31. The Labute approximate surface area is 160 Å². The third-order valence-electron chi connectivity index (χ3n) is 5.82. The van der Waals surface area contributed by atoms with Crippen molar-refractivity contribution in [2.75, 3.05) is 25.0 Å². The molecule has 2 aliphatic rings. The number of nitrogens with one attached hydrogen (secondary N) is 1. The van der Waals surface area contributed by atoms with E-state index in [-0.39, 0.29) is 23.8 Å². The summed E-state index contributed by atoms with van der Waals surface area (Å²) in [4.78, 5) is 17.1. The number of para-hydroxylation sites is 1. The summed E-state index contributed by atoms with van der Waals surface area (Å²) in [6.07, 6.45) is 2.44. The molecule has 0 radical (unpaired) electrons. The smallest absolute Gasteiger partial charge is 0.237 e. The van der Waals surface area contributed by atoms with Crippen molar-refractivity contribution in [2.24, 2.45) is 0 Å². The van der Waals surface area contributed by atoms with Crippen LogP contribution in [0.4, 0.5) is 10.1 Å². The van der Waals surface area contributed by atoms with Gasteiger partial charge in [-0.2, -0.15) is 0 Å². The molecule has 4 nitrogen and oxygen atoms in total. The monoisotopic (exact) mass is 367 g/mol. The van der Waals surface area contributed by atoms with E-state index >= 15 is 0 Å². The molecular formula is C22H26FN3O. The molecular weight excluding hydrogens is 341 g/mol. The molecule has 2 aromatic carbocycles. The van der Waals surface area contributed by atoms with Gasteiger partial charge in [0, 0.05) is 25.7 Å². The Kier molecular flexibility index (Phi) is 5.12. The standard InChI is InChI=1S/C22H26FN3O/c1-25-15-17-7-3-2-6-16(17)14-21(25)22(27)24-18-10-12-26(13-11-18)20-9-5-4-8-19(20)23/h2-9,18,21H,10-15H2,1H3,(H,24,27)/t21-/m1/s1. The van der Waals surface area contributed by atoms with Crippen LogP contribution in [-0.4, -0.2) is 43.0 Å². The summed E-state index contributed by atoms with van der Waals surface area (Å²) in [5.41, 5.74) is 3.23. The van der Waals surface area contributed by atoms with E-state index in [0.29, 0.717) is 5.69 Å².